The lowest BCUT2D eigenvalue weighted by atomic mass is 9.80. The van der Waals surface area contributed by atoms with Crippen LogP contribution < -0.4 is 11.1 Å². The van der Waals surface area contributed by atoms with Crippen molar-refractivity contribution in [1.29, 1.82) is 0 Å². The summed E-state index contributed by atoms with van der Waals surface area (Å²) in [6.07, 6.45) is 8.41. The van der Waals surface area contributed by atoms with E-state index in [4.69, 9.17) is 5.73 Å². The Hall–Kier alpha value is -1.10. The highest BCUT2D eigenvalue weighted by molar-refractivity contribution is 5.84. The molecule has 2 fully saturated rings. The molecule has 1 aliphatic heterocycles. The van der Waals surface area contributed by atoms with Crippen LogP contribution in [0.3, 0.4) is 0 Å². The van der Waals surface area contributed by atoms with Crippen molar-refractivity contribution < 1.29 is 9.59 Å². The summed E-state index contributed by atoms with van der Waals surface area (Å²) in [4.78, 5) is 25.8. The first-order valence-corrected chi connectivity index (χ1v) is 8.43. The number of nitrogens with one attached hydrogen (secondary N) is 1. The van der Waals surface area contributed by atoms with Crippen molar-refractivity contribution in [3.05, 3.63) is 0 Å². The van der Waals surface area contributed by atoms with E-state index in [9.17, 15) is 9.59 Å². The fraction of sp³-hybridized carbons (Fsp3) is 0.875. The Kier molecular flexibility index (Phi) is 6.49. The van der Waals surface area contributed by atoms with E-state index in [2.05, 4.69) is 5.32 Å². The summed E-state index contributed by atoms with van der Waals surface area (Å²) in [6.45, 7) is 2.62. The van der Waals surface area contributed by atoms with E-state index in [1.807, 2.05) is 4.90 Å². The summed E-state index contributed by atoms with van der Waals surface area (Å²) in [7, 11) is 0. The molecule has 1 saturated carbocycles. The summed E-state index contributed by atoms with van der Waals surface area (Å²) in [5.41, 5.74) is 5.68. The van der Waals surface area contributed by atoms with Crippen LogP contribution in [0.1, 0.15) is 51.4 Å². The number of hydrogen-bond acceptors (Lipinski definition) is 3. The maximum Gasteiger partial charge on any atom is 0.241 e. The minimum Gasteiger partial charge on any atom is -0.347 e. The van der Waals surface area contributed by atoms with Crippen LogP contribution in [0.5, 0.6) is 0 Å². The summed E-state index contributed by atoms with van der Waals surface area (Å²) < 4.78 is 0. The average Bonchev–Trinajstić information content (AvgIpc) is 2.54. The Morgan fingerprint density at radius 3 is 2.24 bits per heavy atom. The zero-order valence-electron chi connectivity index (χ0n) is 13.0. The van der Waals surface area contributed by atoms with Crippen LogP contribution in [0.4, 0.5) is 0 Å². The number of carbonyl (C=O) groups is 2. The normalized spacial score (nSPS) is 26.4. The molecule has 2 rings (SSSR count). The van der Waals surface area contributed by atoms with Crippen molar-refractivity contribution in [3.8, 4) is 0 Å². The Labute approximate surface area is 127 Å². The van der Waals surface area contributed by atoms with Crippen molar-refractivity contribution in [2.75, 3.05) is 26.2 Å². The number of likely N-dealkylation sites (tertiary alicyclic amines) is 1. The van der Waals surface area contributed by atoms with Gasteiger partial charge in [-0.25, -0.2) is 0 Å². The van der Waals surface area contributed by atoms with Gasteiger partial charge in [-0.2, -0.15) is 0 Å². The van der Waals surface area contributed by atoms with Gasteiger partial charge in [-0.05, 0) is 63.3 Å². The average molecular weight is 295 g/mol. The largest absolute Gasteiger partial charge is 0.347 e. The van der Waals surface area contributed by atoms with Crippen molar-refractivity contribution in [2.45, 2.75) is 51.4 Å². The highest BCUT2D eigenvalue weighted by Crippen LogP contribution is 2.29. The number of nitrogens with zero attached hydrogens (tertiary/aromatic N) is 1. The van der Waals surface area contributed by atoms with E-state index in [0.717, 1.165) is 58.2 Å². The van der Waals surface area contributed by atoms with Gasteiger partial charge >= 0.3 is 0 Å². The molecule has 5 nitrogen and oxygen atoms in total. The Bertz CT molecular complexity index is 345. The number of carbonyl (C=O) groups excluding carboxylic acids is 2. The monoisotopic (exact) mass is 295 g/mol. The molecule has 21 heavy (non-hydrogen) atoms. The molecular weight excluding hydrogens is 266 g/mol. The van der Waals surface area contributed by atoms with Crippen LogP contribution in [0.25, 0.3) is 0 Å². The van der Waals surface area contributed by atoms with Crippen molar-refractivity contribution in [1.82, 2.24) is 10.2 Å². The van der Waals surface area contributed by atoms with Gasteiger partial charge < -0.3 is 16.0 Å². The van der Waals surface area contributed by atoms with Crippen LogP contribution in [0.2, 0.25) is 0 Å². The first-order valence-electron chi connectivity index (χ1n) is 8.43. The highest BCUT2D eigenvalue weighted by Gasteiger charge is 2.23. The molecule has 0 bridgehead atoms. The number of rotatable bonds is 5. The fourth-order valence-corrected chi connectivity index (χ4v) is 3.43. The predicted octanol–water partition coefficient (Wildman–Crippen LogP) is 1.27. The van der Waals surface area contributed by atoms with E-state index in [1.54, 1.807) is 0 Å². The maximum atomic E-state index is 12.0. The molecule has 0 aromatic heterocycles. The Morgan fingerprint density at radius 1 is 1.00 bits per heavy atom. The molecule has 1 heterocycles. The zero-order chi connectivity index (χ0) is 15.1. The molecule has 120 valence electrons. The molecule has 0 radical (unpaired) electrons. The molecule has 5 heteroatoms. The lowest BCUT2D eigenvalue weighted by Crippen LogP contribution is -2.42. The van der Waals surface area contributed by atoms with E-state index >= 15 is 0 Å². The fourth-order valence-electron chi connectivity index (χ4n) is 3.43. The third kappa shape index (κ3) is 5.30. The lowest BCUT2D eigenvalue weighted by molar-refractivity contribution is -0.133. The van der Waals surface area contributed by atoms with Gasteiger partial charge in [0.05, 0.1) is 6.54 Å². The Morgan fingerprint density at radius 2 is 1.62 bits per heavy atom. The number of hydrogen-bond donors (Lipinski definition) is 2. The van der Waals surface area contributed by atoms with Gasteiger partial charge in [-0.1, -0.05) is 0 Å². The second kappa shape index (κ2) is 8.37. The third-order valence-electron chi connectivity index (χ3n) is 4.92. The van der Waals surface area contributed by atoms with E-state index < -0.39 is 0 Å². The van der Waals surface area contributed by atoms with Crippen LogP contribution in [-0.2, 0) is 9.59 Å². The minimum atomic E-state index is 0.0246. The van der Waals surface area contributed by atoms with Gasteiger partial charge in [0, 0.05) is 19.5 Å². The molecule has 1 saturated heterocycles. The summed E-state index contributed by atoms with van der Waals surface area (Å²) in [5, 5.41) is 2.80. The smallest absolute Gasteiger partial charge is 0.241 e. The van der Waals surface area contributed by atoms with Crippen LogP contribution in [-0.4, -0.2) is 42.9 Å². The van der Waals surface area contributed by atoms with E-state index in [0.29, 0.717) is 18.3 Å². The number of nitrogens with two attached hydrogens (primary N) is 1. The standard InChI is InChI=1S/C16H29N3O2/c17-11-14-6-4-13(5-7-14)10-15(20)18-12-16(21)19-8-2-1-3-9-19/h13-14H,1-12,17H2,(H,18,20). The van der Waals surface area contributed by atoms with E-state index in [-0.39, 0.29) is 18.4 Å². The second-order valence-electron chi connectivity index (χ2n) is 6.54. The van der Waals surface area contributed by atoms with Crippen molar-refractivity contribution in [3.63, 3.8) is 0 Å². The van der Waals surface area contributed by atoms with Gasteiger partial charge in [0.25, 0.3) is 0 Å². The van der Waals surface area contributed by atoms with Gasteiger partial charge in [-0.3, -0.25) is 9.59 Å². The van der Waals surface area contributed by atoms with Crippen LogP contribution in [0, 0.1) is 11.8 Å². The molecule has 0 atom stereocenters. The summed E-state index contributed by atoms with van der Waals surface area (Å²) >= 11 is 0. The molecule has 1 aliphatic carbocycles. The second-order valence-corrected chi connectivity index (χ2v) is 6.54. The molecule has 2 amide bonds. The topological polar surface area (TPSA) is 75.4 Å². The summed E-state index contributed by atoms with van der Waals surface area (Å²) in [6, 6.07) is 0. The maximum absolute atomic E-state index is 12.0. The molecule has 0 spiro atoms. The molecule has 2 aliphatic rings. The molecule has 3 N–H and O–H groups in total. The predicted molar refractivity (Wildman–Crippen MR) is 82.6 cm³/mol. The zero-order valence-corrected chi connectivity index (χ0v) is 13.0. The Balaban J connectivity index is 1.62. The van der Waals surface area contributed by atoms with Crippen molar-refractivity contribution >= 4 is 11.8 Å². The van der Waals surface area contributed by atoms with Gasteiger partial charge in [0.15, 0.2) is 0 Å². The van der Waals surface area contributed by atoms with Gasteiger partial charge in [-0.15, -0.1) is 0 Å². The van der Waals surface area contributed by atoms with Gasteiger partial charge in [0.2, 0.25) is 11.8 Å². The highest BCUT2D eigenvalue weighted by atomic mass is 16.2. The SMILES string of the molecule is NCC1CCC(CC(=O)NCC(=O)N2CCCCC2)CC1. The van der Waals surface area contributed by atoms with Crippen LogP contribution >= 0.6 is 0 Å². The van der Waals surface area contributed by atoms with Crippen LogP contribution in [0.15, 0.2) is 0 Å². The van der Waals surface area contributed by atoms with Gasteiger partial charge in [0.1, 0.15) is 0 Å². The minimum absolute atomic E-state index is 0.0246. The lowest BCUT2D eigenvalue weighted by Gasteiger charge is -2.28. The summed E-state index contributed by atoms with van der Waals surface area (Å²) in [5.74, 6) is 1.20. The first kappa shape index (κ1) is 16.3. The number of amides is 2. The molecule has 0 aromatic carbocycles. The first-order chi connectivity index (χ1) is 10.2. The van der Waals surface area contributed by atoms with Crippen molar-refractivity contribution in [2.24, 2.45) is 17.6 Å². The number of piperidine rings is 1. The third-order valence-corrected chi connectivity index (χ3v) is 4.92. The molecule has 0 unspecified atom stereocenters. The van der Waals surface area contributed by atoms with E-state index in [1.165, 1.54) is 6.42 Å². The quantitative estimate of drug-likeness (QED) is 0.802. The molecular formula is C16H29N3O2. The molecule has 0 aromatic rings.